The van der Waals surface area contributed by atoms with Crippen molar-refractivity contribution in [3.05, 3.63) is 82.3 Å². The standard InChI is InChI=1S/C26H26FN5O3S/c27-19-11-9-18(10-12-19)16-31(24(33)17-32-22-7-2-1-6-21(22)29-30-32)25(23-8-4-14-36-23)26(34)28-15-20-5-3-13-35-20/h1-2,4,6-12,14,20,25H,3,5,13,15-17H2,(H,28,34)/t20-,25-/m1/s1. The fraction of sp³-hybridized carbons (Fsp3) is 0.308. The number of carbonyl (C=O) groups excluding carboxylic acids is 2. The maximum atomic E-state index is 13.8. The van der Waals surface area contributed by atoms with Crippen LogP contribution >= 0.6 is 11.3 Å². The van der Waals surface area contributed by atoms with Crippen LogP contribution in [0.1, 0.15) is 29.3 Å². The second-order valence-electron chi connectivity index (χ2n) is 8.68. The fourth-order valence-corrected chi connectivity index (χ4v) is 5.19. The predicted molar refractivity (Wildman–Crippen MR) is 134 cm³/mol. The lowest BCUT2D eigenvalue weighted by Gasteiger charge is -2.31. The van der Waals surface area contributed by atoms with Crippen molar-refractivity contribution >= 4 is 34.2 Å². The number of rotatable bonds is 9. The highest BCUT2D eigenvalue weighted by Gasteiger charge is 2.33. The number of carbonyl (C=O) groups is 2. The number of halogens is 1. The van der Waals surface area contributed by atoms with Gasteiger partial charge in [0.1, 0.15) is 23.9 Å². The van der Waals surface area contributed by atoms with Gasteiger partial charge in [0, 0.05) is 24.6 Å². The normalized spacial score (nSPS) is 16.2. The first-order chi connectivity index (χ1) is 17.6. The van der Waals surface area contributed by atoms with Gasteiger partial charge in [0.2, 0.25) is 11.8 Å². The van der Waals surface area contributed by atoms with E-state index in [1.165, 1.54) is 33.1 Å². The molecule has 0 aliphatic carbocycles. The summed E-state index contributed by atoms with van der Waals surface area (Å²) in [5, 5.41) is 13.1. The summed E-state index contributed by atoms with van der Waals surface area (Å²) in [5.41, 5.74) is 2.12. The molecule has 1 N–H and O–H groups in total. The molecule has 4 aromatic rings. The van der Waals surface area contributed by atoms with Crippen molar-refractivity contribution in [2.45, 2.75) is 38.1 Å². The summed E-state index contributed by atoms with van der Waals surface area (Å²) in [4.78, 5) is 29.6. The van der Waals surface area contributed by atoms with Crippen LogP contribution in [0.5, 0.6) is 0 Å². The molecule has 0 spiro atoms. The number of hydrogen-bond donors (Lipinski definition) is 1. The van der Waals surface area contributed by atoms with E-state index in [1.807, 2.05) is 41.8 Å². The Morgan fingerprint density at radius 2 is 2.00 bits per heavy atom. The Labute approximate surface area is 211 Å². The van der Waals surface area contributed by atoms with E-state index in [2.05, 4.69) is 15.6 Å². The van der Waals surface area contributed by atoms with Crippen LogP contribution in [0.25, 0.3) is 11.0 Å². The largest absolute Gasteiger partial charge is 0.376 e. The number of nitrogens with one attached hydrogen (secondary N) is 1. The minimum atomic E-state index is -0.862. The molecule has 3 heterocycles. The van der Waals surface area contributed by atoms with E-state index in [0.717, 1.165) is 23.2 Å². The highest BCUT2D eigenvalue weighted by Crippen LogP contribution is 2.28. The number of aromatic nitrogens is 3. The Morgan fingerprint density at radius 3 is 2.75 bits per heavy atom. The molecule has 1 saturated heterocycles. The summed E-state index contributed by atoms with van der Waals surface area (Å²) in [6.45, 7) is 1.10. The molecule has 10 heteroatoms. The zero-order chi connectivity index (χ0) is 24.9. The van der Waals surface area contributed by atoms with Gasteiger partial charge in [-0.1, -0.05) is 35.5 Å². The van der Waals surface area contributed by atoms with Crippen LogP contribution in [0, 0.1) is 5.82 Å². The lowest BCUT2D eigenvalue weighted by Crippen LogP contribution is -2.45. The number of benzene rings is 2. The second-order valence-corrected chi connectivity index (χ2v) is 9.66. The van der Waals surface area contributed by atoms with Gasteiger partial charge in [0.25, 0.3) is 0 Å². The molecule has 186 valence electrons. The number of fused-ring (bicyclic) bond motifs is 1. The van der Waals surface area contributed by atoms with Gasteiger partial charge in [-0.15, -0.1) is 16.4 Å². The van der Waals surface area contributed by atoms with Crippen LogP contribution < -0.4 is 5.32 Å². The van der Waals surface area contributed by atoms with Crippen molar-refractivity contribution in [1.29, 1.82) is 0 Å². The molecule has 0 radical (unpaired) electrons. The second kappa shape index (κ2) is 11.0. The van der Waals surface area contributed by atoms with E-state index in [9.17, 15) is 14.0 Å². The Kier molecular flexibility index (Phi) is 7.33. The number of thiophene rings is 1. The first kappa shape index (κ1) is 24.1. The first-order valence-electron chi connectivity index (χ1n) is 11.8. The van der Waals surface area contributed by atoms with Crippen molar-refractivity contribution in [3.63, 3.8) is 0 Å². The summed E-state index contributed by atoms with van der Waals surface area (Å²) in [5.74, 6) is -0.956. The van der Waals surface area contributed by atoms with Crippen molar-refractivity contribution in [2.75, 3.05) is 13.2 Å². The van der Waals surface area contributed by atoms with E-state index in [1.54, 1.807) is 12.1 Å². The molecule has 0 bridgehead atoms. The quantitative estimate of drug-likeness (QED) is 0.373. The van der Waals surface area contributed by atoms with E-state index in [-0.39, 0.29) is 36.8 Å². The first-order valence-corrected chi connectivity index (χ1v) is 12.7. The summed E-state index contributed by atoms with van der Waals surface area (Å²) in [6, 6.07) is 16.2. The number of nitrogens with zero attached hydrogens (tertiary/aromatic N) is 4. The van der Waals surface area contributed by atoms with Gasteiger partial charge >= 0.3 is 0 Å². The van der Waals surface area contributed by atoms with E-state index in [0.29, 0.717) is 24.2 Å². The molecule has 1 aliphatic rings. The van der Waals surface area contributed by atoms with Crippen molar-refractivity contribution < 1.29 is 18.7 Å². The summed E-state index contributed by atoms with van der Waals surface area (Å²) >= 11 is 1.41. The number of hydrogen-bond acceptors (Lipinski definition) is 6. The maximum Gasteiger partial charge on any atom is 0.248 e. The lowest BCUT2D eigenvalue weighted by atomic mass is 10.1. The van der Waals surface area contributed by atoms with Gasteiger partial charge < -0.3 is 15.0 Å². The summed E-state index contributed by atoms with van der Waals surface area (Å²) in [7, 11) is 0. The molecule has 1 fully saturated rings. The topological polar surface area (TPSA) is 89.4 Å². The molecule has 0 saturated carbocycles. The molecule has 2 atom stereocenters. The molecule has 2 aromatic carbocycles. The highest BCUT2D eigenvalue weighted by atomic mass is 32.1. The van der Waals surface area contributed by atoms with Gasteiger partial charge in [-0.05, 0) is 54.1 Å². The minimum absolute atomic E-state index is 0.0271. The predicted octanol–water partition coefficient (Wildman–Crippen LogP) is 3.70. The zero-order valence-electron chi connectivity index (χ0n) is 19.5. The van der Waals surface area contributed by atoms with Crippen molar-refractivity contribution in [3.8, 4) is 0 Å². The molecule has 8 nitrogen and oxygen atoms in total. The van der Waals surface area contributed by atoms with E-state index >= 15 is 0 Å². The highest BCUT2D eigenvalue weighted by molar-refractivity contribution is 7.10. The molecule has 2 aromatic heterocycles. The Bertz CT molecular complexity index is 1320. The van der Waals surface area contributed by atoms with Crippen LogP contribution in [0.2, 0.25) is 0 Å². The zero-order valence-corrected chi connectivity index (χ0v) is 20.4. The fourth-order valence-electron chi connectivity index (χ4n) is 4.35. The Hall–Kier alpha value is -3.63. The lowest BCUT2D eigenvalue weighted by molar-refractivity contribution is -0.142. The van der Waals surface area contributed by atoms with Gasteiger partial charge in [0.05, 0.1) is 11.6 Å². The van der Waals surface area contributed by atoms with Crippen LogP contribution in [-0.4, -0.2) is 51.0 Å². The SMILES string of the molecule is O=C(NC[C@H]1CCCO1)[C@@H](c1cccs1)N(Cc1ccc(F)cc1)C(=O)Cn1nnc2ccccc21. The summed E-state index contributed by atoms with van der Waals surface area (Å²) in [6.07, 6.45) is 1.83. The average molecular weight is 508 g/mol. The molecule has 5 rings (SSSR count). The molecular weight excluding hydrogens is 481 g/mol. The van der Waals surface area contributed by atoms with Gasteiger partial charge in [-0.3, -0.25) is 9.59 Å². The number of amides is 2. The molecule has 1 aliphatic heterocycles. The van der Waals surface area contributed by atoms with Crippen LogP contribution in [0.4, 0.5) is 4.39 Å². The number of ether oxygens (including phenoxy) is 1. The van der Waals surface area contributed by atoms with Crippen LogP contribution in [0.15, 0.2) is 66.0 Å². The van der Waals surface area contributed by atoms with Gasteiger partial charge in [0.15, 0.2) is 0 Å². The van der Waals surface area contributed by atoms with Crippen molar-refractivity contribution in [2.24, 2.45) is 0 Å². The van der Waals surface area contributed by atoms with E-state index < -0.39 is 6.04 Å². The van der Waals surface area contributed by atoms with Gasteiger partial charge in [-0.2, -0.15) is 0 Å². The smallest absolute Gasteiger partial charge is 0.248 e. The monoisotopic (exact) mass is 507 g/mol. The van der Waals surface area contributed by atoms with Crippen LogP contribution in [-0.2, 0) is 27.4 Å². The molecule has 0 unspecified atom stereocenters. The summed E-state index contributed by atoms with van der Waals surface area (Å²) < 4.78 is 20.8. The van der Waals surface area contributed by atoms with Crippen molar-refractivity contribution in [1.82, 2.24) is 25.2 Å². The third-order valence-corrected chi connectivity index (χ3v) is 7.12. The Morgan fingerprint density at radius 1 is 1.17 bits per heavy atom. The third kappa shape index (κ3) is 5.44. The van der Waals surface area contributed by atoms with Crippen LogP contribution in [0.3, 0.4) is 0 Å². The minimum Gasteiger partial charge on any atom is -0.376 e. The molecule has 2 amide bonds. The molecular formula is C26H26FN5O3S. The number of para-hydroxylation sites is 1. The Balaban J connectivity index is 1.45. The maximum absolute atomic E-state index is 13.8. The average Bonchev–Trinajstić information content (AvgIpc) is 3.67. The molecule has 36 heavy (non-hydrogen) atoms. The van der Waals surface area contributed by atoms with Gasteiger partial charge in [-0.25, -0.2) is 9.07 Å². The van der Waals surface area contributed by atoms with E-state index in [4.69, 9.17) is 4.74 Å². The third-order valence-electron chi connectivity index (χ3n) is 6.19.